The number of nitrogens with zero attached hydrogens (tertiary/aromatic N) is 3. The molecule has 166 valence electrons. The van der Waals surface area contributed by atoms with Gasteiger partial charge in [0.1, 0.15) is 17.3 Å². The minimum atomic E-state index is -0.471. The number of carbonyl (C=O) groups is 2. The number of rotatable bonds is 9. The van der Waals surface area contributed by atoms with E-state index >= 15 is 0 Å². The van der Waals surface area contributed by atoms with Crippen LogP contribution in [0.5, 0.6) is 11.5 Å². The molecule has 0 aliphatic heterocycles. The van der Waals surface area contributed by atoms with Gasteiger partial charge in [-0.3, -0.25) is 4.90 Å². The highest BCUT2D eigenvalue weighted by atomic mass is 16.6. The molecule has 1 aromatic heterocycles. The van der Waals surface area contributed by atoms with E-state index in [2.05, 4.69) is 19.4 Å². The van der Waals surface area contributed by atoms with Crippen LogP contribution in [0.1, 0.15) is 0 Å². The Morgan fingerprint density at radius 2 is 1.28 bits per heavy atom. The molecule has 10 heteroatoms. The molecule has 2 aromatic carbocycles. The van der Waals surface area contributed by atoms with E-state index in [1.54, 1.807) is 36.5 Å². The Balaban J connectivity index is 1.86. The Bertz CT molecular complexity index is 993. The average Bonchev–Trinajstić information content (AvgIpc) is 2.82. The van der Waals surface area contributed by atoms with Crippen LogP contribution in [-0.4, -0.2) is 49.3 Å². The van der Waals surface area contributed by atoms with Crippen LogP contribution in [0, 0.1) is 0 Å². The van der Waals surface area contributed by atoms with Crippen molar-refractivity contribution in [3.8, 4) is 11.5 Å². The molecular formula is C22H22N4O6. The van der Waals surface area contributed by atoms with E-state index in [1.807, 2.05) is 29.2 Å². The number of methoxy groups -OCH3 is 2. The fourth-order valence-electron chi connectivity index (χ4n) is 2.69. The first-order chi connectivity index (χ1) is 15.5. The van der Waals surface area contributed by atoms with Crippen molar-refractivity contribution in [1.82, 2.24) is 9.97 Å². The van der Waals surface area contributed by atoms with Crippen LogP contribution in [0.3, 0.4) is 0 Å². The minimum Gasteiger partial charge on any atom is -0.482 e. The molecule has 0 radical (unpaired) electrons. The van der Waals surface area contributed by atoms with Crippen molar-refractivity contribution in [1.29, 1.82) is 0 Å². The summed E-state index contributed by atoms with van der Waals surface area (Å²) in [5, 5.41) is 0. The first-order valence-electron chi connectivity index (χ1n) is 9.48. The predicted octanol–water partition coefficient (Wildman–Crippen LogP) is 2.63. The molecule has 0 amide bonds. The normalized spacial score (nSPS) is 10.2. The standard InChI is InChI=1S/C22H22N4O6/c1-29-20(27)13-31-17-7-3-15(4-8-17)26(19-11-12-24-22(23)25-19)16-5-9-18(10-6-16)32-14-21(28)30-2/h3-12H,13-14H2,1-2H3,(H2,23,24,25). The van der Waals surface area contributed by atoms with Gasteiger partial charge >= 0.3 is 11.9 Å². The summed E-state index contributed by atoms with van der Waals surface area (Å²) in [5.41, 5.74) is 7.31. The largest absolute Gasteiger partial charge is 0.482 e. The van der Waals surface area contributed by atoms with Crippen molar-refractivity contribution in [2.45, 2.75) is 0 Å². The summed E-state index contributed by atoms with van der Waals surface area (Å²) in [5.74, 6) is 0.747. The third-order valence-corrected chi connectivity index (χ3v) is 4.25. The molecule has 0 spiro atoms. The van der Waals surface area contributed by atoms with Gasteiger partial charge in [-0.15, -0.1) is 0 Å². The van der Waals surface area contributed by atoms with Gasteiger partial charge in [0.25, 0.3) is 0 Å². The highest BCUT2D eigenvalue weighted by molar-refractivity contribution is 5.75. The number of ether oxygens (including phenoxy) is 4. The number of hydrogen-bond donors (Lipinski definition) is 1. The first kappa shape index (κ1) is 22.3. The molecule has 3 aromatic rings. The second-order valence-corrected chi connectivity index (χ2v) is 6.33. The third-order valence-electron chi connectivity index (χ3n) is 4.25. The van der Waals surface area contributed by atoms with Crippen LogP contribution in [-0.2, 0) is 19.1 Å². The Hall–Kier alpha value is -4.34. The van der Waals surface area contributed by atoms with Gasteiger partial charge in [0, 0.05) is 17.6 Å². The Morgan fingerprint density at radius 1 is 0.812 bits per heavy atom. The van der Waals surface area contributed by atoms with Crippen LogP contribution >= 0.6 is 0 Å². The zero-order chi connectivity index (χ0) is 22.9. The number of anilines is 4. The molecule has 0 bridgehead atoms. The molecule has 0 saturated heterocycles. The van der Waals surface area contributed by atoms with E-state index in [4.69, 9.17) is 15.2 Å². The molecule has 0 unspecified atom stereocenters. The van der Waals surface area contributed by atoms with Crippen molar-refractivity contribution >= 4 is 35.1 Å². The van der Waals surface area contributed by atoms with Crippen molar-refractivity contribution < 1.29 is 28.5 Å². The van der Waals surface area contributed by atoms with E-state index in [0.717, 1.165) is 11.4 Å². The van der Waals surface area contributed by atoms with Gasteiger partial charge < -0.3 is 24.7 Å². The summed E-state index contributed by atoms with van der Waals surface area (Å²) in [7, 11) is 2.59. The van der Waals surface area contributed by atoms with E-state index in [-0.39, 0.29) is 19.2 Å². The molecule has 10 nitrogen and oxygen atoms in total. The maximum atomic E-state index is 11.3. The maximum absolute atomic E-state index is 11.3. The topological polar surface area (TPSA) is 126 Å². The van der Waals surface area contributed by atoms with Crippen molar-refractivity contribution in [2.75, 3.05) is 38.1 Å². The number of hydrogen-bond acceptors (Lipinski definition) is 10. The fourth-order valence-corrected chi connectivity index (χ4v) is 2.69. The molecular weight excluding hydrogens is 416 g/mol. The van der Waals surface area contributed by atoms with Crippen LogP contribution in [0.2, 0.25) is 0 Å². The molecule has 32 heavy (non-hydrogen) atoms. The van der Waals surface area contributed by atoms with Gasteiger partial charge in [-0.25, -0.2) is 14.6 Å². The zero-order valence-corrected chi connectivity index (χ0v) is 17.6. The van der Waals surface area contributed by atoms with E-state index in [1.165, 1.54) is 14.2 Å². The van der Waals surface area contributed by atoms with Gasteiger partial charge in [0.05, 0.1) is 14.2 Å². The molecule has 0 saturated carbocycles. The Kier molecular flexibility index (Phi) is 7.42. The third kappa shape index (κ3) is 5.85. The molecule has 1 heterocycles. The van der Waals surface area contributed by atoms with Crippen LogP contribution in [0.25, 0.3) is 0 Å². The highest BCUT2D eigenvalue weighted by Crippen LogP contribution is 2.35. The predicted molar refractivity (Wildman–Crippen MR) is 116 cm³/mol. The number of benzene rings is 2. The molecule has 2 N–H and O–H groups in total. The summed E-state index contributed by atoms with van der Waals surface area (Å²) < 4.78 is 20.0. The van der Waals surface area contributed by atoms with Gasteiger partial charge in [0.2, 0.25) is 5.95 Å². The molecule has 0 aliphatic carbocycles. The summed E-state index contributed by atoms with van der Waals surface area (Å²) >= 11 is 0. The van der Waals surface area contributed by atoms with E-state index in [0.29, 0.717) is 17.3 Å². The van der Waals surface area contributed by atoms with Crippen molar-refractivity contribution in [3.05, 3.63) is 60.8 Å². The van der Waals surface area contributed by atoms with Crippen molar-refractivity contribution in [3.63, 3.8) is 0 Å². The number of aromatic nitrogens is 2. The van der Waals surface area contributed by atoms with Crippen LogP contribution in [0.15, 0.2) is 60.8 Å². The number of nitrogen functional groups attached to an aromatic ring is 1. The molecule has 0 fully saturated rings. The Morgan fingerprint density at radius 3 is 1.69 bits per heavy atom. The quantitative estimate of drug-likeness (QED) is 0.498. The van der Waals surface area contributed by atoms with E-state index in [9.17, 15) is 9.59 Å². The summed E-state index contributed by atoms with van der Waals surface area (Å²) in [6, 6.07) is 15.9. The minimum absolute atomic E-state index is 0.128. The summed E-state index contributed by atoms with van der Waals surface area (Å²) in [6.07, 6.45) is 1.56. The lowest BCUT2D eigenvalue weighted by Gasteiger charge is -2.24. The maximum Gasteiger partial charge on any atom is 0.343 e. The smallest absolute Gasteiger partial charge is 0.343 e. The first-order valence-corrected chi connectivity index (χ1v) is 9.48. The number of nitrogens with two attached hydrogens (primary N) is 1. The van der Waals surface area contributed by atoms with Gasteiger partial charge in [-0.05, 0) is 54.6 Å². The van der Waals surface area contributed by atoms with Gasteiger partial charge in [0.15, 0.2) is 13.2 Å². The lowest BCUT2D eigenvalue weighted by atomic mass is 10.2. The average molecular weight is 438 g/mol. The van der Waals surface area contributed by atoms with Crippen LogP contribution in [0.4, 0.5) is 23.1 Å². The zero-order valence-electron chi connectivity index (χ0n) is 17.6. The number of esters is 2. The molecule has 0 aliphatic rings. The van der Waals surface area contributed by atoms with Crippen LogP contribution < -0.4 is 20.1 Å². The monoisotopic (exact) mass is 438 g/mol. The molecule has 0 atom stereocenters. The second kappa shape index (κ2) is 10.6. The number of carbonyl (C=O) groups excluding carboxylic acids is 2. The van der Waals surface area contributed by atoms with E-state index < -0.39 is 11.9 Å². The Labute approximate surface area is 184 Å². The molecule has 3 rings (SSSR count). The summed E-state index contributed by atoms with van der Waals surface area (Å²) in [4.78, 5) is 32.7. The van der Waals surface area contributed by atoms with Gasteiger partial charge in [-0.2, -0.15) is 4.98 Å². The second-order valence-electron chi connectivity index (χ2n) is 6.33. The fraction of sp³-hybridized carbons (Fsp3) is 0.182. The SMILES string of the molecule is COC(=O)COc1ccc(N(c2ccc(OCC(=O)OC)cc2)c2ccnc(N)n2)cc1. The lowest BCUT2D eigenvalue weighted by molar-refractivity contribution is -0.143. The summed E-state index contributed by atoms with van der Waals surface area (Å²) in [6.45, 7) is -0.371. The highest BCUT2D eigenvalue weighted by Gasteiger charge is 2.15. The van der Waals surface area contributed by atoms with Crippen molar-refractivity contribution in [2.24, 2.45) is 0 Å². The van der Waals surface area contributed by atoms with Gasteiger partial charge in [-0.1, -0.05) is 0 Å². The lowest BCUT2D eigenvalue weighted by Crippen LogP contribution is -2.14.